The zero-order valence-electron chi connectivity index (χ0n) is 7.82. The molecule has 72 valence electrons. The van der Waals surface area contributed by atoms with Crippen LogP contribution < -0.4 is 0 Å². The minimum atomic E-state index is -0.895. The van der Waals surface area contributed by atoms with Gasteiger partial charge in [0.15, 0.2) is 6.30 Å². The van der Waals surface area contributed by atoms with Crippen molar-refractivity contribution in [3.05, 3.63) is 24.4 Å². The molecule has 2 aliphatic rings. The fourth-order valence-electron chi connectivity index (χ4n) is 2.19. The van der Waals surface area contributed by atoms with Crippen LogP contribution in [0.5, 0.6) is 0 Å². The van der Waals surface area contributed by atoms with Crippen molar-refractivity contribution in [2.75, 3.05) is 0 Å². The van der Waals surface area contributed by atoms with Crippen molar-refractivity contribution in [1.29, 1.82) is 0 Å². The van der Waals surface area contributed by atoms with Gasteiger partial charge >= 0.3 is 0 Å². The van der Waals surface area contributed by atoms with Crippen LogP contribution in [0, 0.1) is 0 Å². The molecule has 0 aromatic rings. The highest BCUT2D eigenvalue weighted by molar-refractivity contribution is 5.11. The predicted molar refractivity (Wildman–Crippen MR) is 51.9 cm³/mol. The van der Waals surface area contributed by atoms with Gasteiger partial charge in [-0.25, -0.2) is 4.39 Å². The van der Waals surface area contributed by atoms with Crippen molar-refractivity contribution in [2.45, 2.75) is 44.4 Å². The van der Waals surface area contributed by atoms with Crippen LogP contribution in [0.2, 0.25) is 0 Å². The molecule has 0 amide bonds. The molecule has 1 saturated carbocycles. The van der Waals surface area contributed by atoms with Crippen molar-refractivity contribution in [3.8, 4) is 0 Å². The van der Waals surface area contributed by atoms with Crippen LogP contribution in [0.1, 0.15) is 32.1 Å². The molecule has 2 heteroatoms. The molecule has 0 spiro atoms. The van der Waals surface area contributed by atoms with E-state index in [1.54, 1.807) is 12.2 Å². The van der Waals surface area contributed by atoms with Crippen LogP contribution >= 0.6 is 0 Å². The Kier molecular flexibility index (Phi) is 2.67. The van der Waals surface area contributed by atoms with Crippen LogP contribution in [0.15, 0.2) is 24.4 Å². The van der Waals surface area contributed by atoms with E-state index >= 15 is 0 Å². The second kappa shape index (κ2) is 3.95. The van der Waals surface area contributed by atoms with Gasteiger partial charge in [-0.1, -0.05) is 25.3 Å². The lowest BCUT2D eigenvalue weighted by Gasteiger charge is -2.35. The number of alkyl halides is 1. The Balaban J connectivity index is 1.98. The molecule has 0 aromatic carbocycles. The number of nitrogens with zero attached hydrogens (tertiary/aromatic N) is 1. The Hall–Kier alpha value is -0.790. The molecular formula is C11H16FN. The van der Waals surface area contributed by atoms with Gasteiger partial charge in [0.1, 0.15) is 0 Å². The Morgan fingerprint density at radius 1 is 1.08 bits per heavy atom. The predicted octanol–water partition coefficient (Wildman–Crippen LogP) is 3.00. The van der Waals surface area contributed by atoms with Gasteiger partial charge in [0.2, 0.25) is 0 Å². The average Bonchev–Trinajstić information content (AvgIpc) is 2.20. The van der Waals surface area contributed by atoms with Crippen LogP contribution in [0.4, 0.5) is 4.39 Å². The highest BCUT2D eigenvalue weighted by Crippen LogP contribution is 2.26. The zero-order valence-corrected chi connectivity index (χ0v) is 7.82. The third-order valence-corrected chi connectivity index (χ3v) is 2.92. The maximum absolute atomic E-state index is 13.4. The molecule has 1 fully saturated rings. The van der Waals surface area contributed by atoms with E-state index in [2.05, 4.69) is 0 Å². The second-order valence-corrected chi connectivity index (χ2v) is 3.84. The smallest absolute Gasteiger partial charge is 0.191 e. The molecule has 0 aromatic heterocycles. The molecule has 0 saturated heterocycles. The Bertz CT molecular complexity index is 216. The maximum Gasteiger partial charge on any atom is 0.191 e. The molecule has 1 aliphatic heterocycles. The highest BCUT2D eigenvalue weighted by Gasteiger charge is 2.23. The Labute approximate surface area is 78.9 Å². The number of halogens is 1. The third-order valence-electron chi connectivity index (χ3n) is 2.92. The maximum atomic E-state index is 13.4. The fraction of sp³-hybridized carbons (Fsp3) is 0.636. The minimum absolute atomic E-state index is 0.435. The lowest BCUT2D eigenvalue weighted by molar-refractivity contribution is 0.103. The van der Waals surface area contributed by atoms with E-state index in [-0.39, 0.29) is 0 Å². The molecule has 0 radical (unpaired) electrons. The van der Waals surface area contributed by atoms with Gasteiger partial charge in [-0.15, -0.1) is 0 Å². The minimum Gasteiger partial charge on any atom is -0.342 e. The largest absolute Gasteiger partial charge is 0.342 e. The lowest BCUT2D eigenvalue weighted by atomic mass is 9.94. The first-order chi connectivity index (χ1) is 6.38. The quantitative estimate of drug-likeness (QED) is 0.562. The highest BCUT2D eigenvalue weighted by atomic mass is 19.1. The van der Waals surface area contributed by atoms with Crippen molar-refractivity contribution < 1.29 is 4.39 Å². The number of allylic oxidation sites excluding steroid dienone is 2. The van der Waals surface area contributed by atoms with E-state index in [1.807, 2.05) is 17.2 Å². The van der Waals surface area contributed by atoms with E-state index in [1.165, 1.54) is 19.3 Å². The topological polar surface area (TPSA) is 3.24 Å². The molecule has 1 atom stereocenters. The summed E-state index contributed by atoms with van der Waals surface area (Å²) >= 11 is 0. The van der Waals surface area contributed by atoms with Crippen molar-refractivity contribution in [1.82, 2.24) is 4.90 Å². The summed E-state index contributed by atoms with van der Waals surface area (Å²) in [6.07, 6.45) is 12.5. The van der Waals surface area contributed by atoms with Crippen molar-refractivity contribution >= 4 is 0 Å². The summed E-state index contributed by atoms with van der Waals surface area (Å²) in [5, 5.41) is 0. The van der Waals surface area contributed by atoms with Crippen LogP contribution in [0.25, 0.3) is 0 Å². The molecule has 0 bridgehead atoms. The normalized spacial score (nSPS) is 29.6. The van der Waals surface area contributed by atoms with Crippen molar-refractivity contribution in [2.24, 2.45) is 0 Å². The van der Waals surface area contributed by atoms with Gasteiger partial charge in [-0.3, -0.25) is 0 Å². The number of hydrogen-bond donors (Lipinski definition) is 0. The van der Waals surface area contributed by atoms with Crippen molar-refractivity contribution in [3.63, 3.8) is 0 Å². The van der Waals surface area contributed by atoms with Gasteiger partial charge in [0.05, 0.1) is 0 Å². The lowest BCUT2D eigenvalue weighted by Crippen LogP contribution is -2.38. The Morgan fingerprint density at radius 2 is 1.85 bits per heavy atom. The molecule has 0 N–H and O–H groups in total. The van der Waals surface area contributed by atoms with E-state index < -0.39 is 6.30 Å². The molecule has 1 nitrogen and oxygen atoms in total. The summed E-state index contributed by atoms with van der Waals surface area (Å²) in [6, 6.07) is 0.435. The molecule has 2 rings (SSSR count). The fourth-order valence-corrected chi connectivity index (χ4v) is 2.19. The van der Waals surface area contributed by atoms with E-state index in [9.17, 15) is 4.39 Å². The Morgan fingerprint density at radius 3 is 2.54 bits per heavy atom. The molecular weight excluding hydrogens is 165 g/mol. The molecule has 1 heterocycles. The van der Waals surface area contributed by atoms with Crippen LogP contribution in [-0.2, 0) is 0 Å². The molecule has 1 unspecified atom stereocenters. The average molecular weight is 181 g/mol. The number of rotatable bonds is 1. The van der Waals surface area contributed by atoms with E-state index in [4.69, 9.17) is 0 Å². The van der Waals surface area contributed by atoms with Gasteiger partial charge in [-0.05, 0) is 25.0 Å². The summed E-state index contributed by atoms with van der Waals surface area (Å²) in [6.45, 7) is 0. The molecule has 1 aliphatic carbocycles. The summed E-state index contributed by atoms with van der Waals surface area (Å²) < 4.78 is 13.4. The molecule has 13 heavy (non-hydrogen) atoms. The zero-order chi connectivity index (χ0) is 9.10. The first-order valence-electron chi connectivity index (χ1n) is 5.14. The summed E-state index contributed by atoms with van der Waals surface area (Å²) in [5.41, 5.74) is 0. The summed E-state index contributed by atoms with van der Waals surface area (Å²) in [7, 11) is 0. The first kappa shape index (κ1) is 8.79. The SMILES string of the molecule is FC1C=CC=CN1C1CCCCC1. The van der Waals surface area contributed by atoms with Crippen LogP contribution in [-0.4, -0.2) is 17.2 Å². The van der Waals surface area contributed by atoms with E-state index in [0.29, 0.717) is 6.04 Å². The van der Waals surface area contributed by atoms with Gasteiger partial charge in [0, 0.05) is 12.2 Å². The van der Waals surface area contributed by atoms with Gasteiger partial charge in [-0.2, -0.15) is 0 Å². The monoisotopic (exact) mass is 181 g/mol. The second-order valence-electron chi connectivity index (χ2n) is 3.84. The summed E-state index contributed by atoms with van der Waals surface area (Å²) in [4.78, 5) is 1.86. The number of hydrogen-bond acceptors (Lipinski definition) is 1. The van der Waals surface area contributed by atoms with Gasteiger partial charge in [0.25, 0.3) is 0 Å². The van der Waals surface area contributed by atoms with Crippen LogP contribution in [0.3, 0.4) is 0 Å². The summed E-state index contributed by atoms with van der Waals surface area (Å²) in [5.74, 6) is 0. The third kappa shape index (κ3) is 1.93. The first-order valence-corrected chi connectivity index (χ1v) is 5.14. The van der Waals surface area contributed by atoms with Gasteiger partial charge < -0.3 is 4.90 Å². The van der Waals surface area contributed by atoms with E-state index in [0.717, 1.165) is 12.8 Å². The standard InChI is InChI=1S/C11H16FN/c12-11-8-4-5-9-13(11)10-6-2-1-3-7-10/h4-5,8-11H,1-3,6-7H2.